The van der Waals surface area contributed by atoms with Crippen LogP contribution in [0.2, 0.25) is 0 Å². The zero-order valence-corrected chi connectivity index (χ0v) is 9.26. The highest BCUT2D eigenvalue weighted by Crippen LogP contribution is 2.17. The Kier molecular flexibility index (Phi) is 2.94. The maximum atomic E-state index is 13.0. The summed E-state index contributed by atoms with van der Waals surface area (Å²) in [7, 11) is 0. The van der Waals surface area contributed by atoms with E-state index in [4.69, 9.17) is 0 Å². The van der Waals surface area contributed by atoms with Gasteiger partial charge in [0.1, 0.15) is 12.1 Å². The van der Waals surface area contributed by atoms with Gasteiger partial charge in [0.15, 0.2) is 5.82 Å². The Labute approximate surface area is 93.2 Å². The Balaban J connectivity index is 2.37. The van der Waals surface area contributed by atoms with Gasteiger partial charge in [-0.25, -0.2) is 4.39 Å². The molecule has 0 N–H and O–H groups in total. The first-order valence-electron chi connectivity index (χ1n) is 5.15. The minimum absolute atomic E-state index is 0.364. The third kappa shape index (κ3) is 2.24. The van der Waals surface area contributed by atoms with Crippen molar-refractivity contribution in [1.29, 1.82) is 0 Å². The molecule has 2 rings (SSSR count). The molecule has 2 heterocycles. The molecule has 5 heteroatoms. The molecule has 0 atom stereocenters. The van der Waals surface area contributed by atoms with Crippen LogP contribution in [0.3, 0.4) is 0 Å². The second-order valence-corrected chi connectivity index (χ2v) is 4.09. The Morgan fingerprint density at radius 1 is 1.38 bits per heavy atom. The fourth-order valence-electron chi connectivity index (χ4n) is 1.54. The lowest BCUT2D eigenvalue weighted by Gasteiger charge is -2.08. The summed E-state index contributed by atoms with van der Waals surface area (Å²) in [6.45, 7) is 5.01. The van der Waals surface area contributed by atoms with Crippen LogP contribution in [0.1, 0.15) is 13.8 Å². The van der Waals surface area contributed by atoms with Crippen LogP contribution < -0.4 is 0 Å². The molecule has 0 amide bonds. The molecular formula is C11H13FN4. The molecule has 2 aromatic heterocycles. The first kappa shape index (κ1) is 10.7. The molecular weight excluding hydrogens is 207 g/mol. The van der Waals surface area contributed by atoms with E-state index in [-0.39, 0.29) is 5.82 Å². The molecule has 0 fully saturated rings. The molecule has 0 radical (unpaired) electrons. The van der Waals surface area contributed by atoms with Crippen molar-refractivity contribution in [2.75, 3.05) is 0 Å². The largest absolute Gasteiger partial charge is 0.313 e. The summed E-state index contributed by atoms with van der Waals surface area (Å²) in [5, 5.41) is 7.83. The zero-order chi connectivity index (χ0) is 11.5. The Morgan fingerprint density at radius 2 is 2.19 bits per heavy atom. The summed E-state index contributed by atoms with van der Waals surface area (Å²) in [6, 6.07) is 1.41. The SMILES string of the molecule is CC(C)Cn1cnnc1-c1cncc(F)c1. The molecule has 0 saturated carbocycles. The number of aromatic nitrogens is 4. The average Bonchev–Trinajstić information content (AvgIpc) is 2.65. The van der Waals surface area contributed by atoms with E-state index in [9.17, 15) is 4.39 Å². The molecule has 0 spiro atoms. The minimum atomic E-state index is -0.364. The molecule has 0 aliphatic heterocycles. The number of hydrogen-bond acceptors (Lipinski definition) is 3. The van der Waals surface area contributed by atoms with E-state index in [2.05, 4.69) is 29.0 Å². The monoisotopic (exact) mass is 220 g/mol. The van der Waals surface area contributed by atoms with Gasteiger partial charge in [-0.05, 0) is 12.0 Å². The van der Waals surface area contributed by atoms with Crippen LogP contribution in [0.15, 0.2) is 24.8 Å². The Hall–Kier alpha value is -1.78. The summed E-state index contributed by atoms with van der Waals surface area (Å²) in [5.74, 6) is 0.772. The van der Waals surface area contributed by atoms with Gasteiger partial charge in [0.05, 0.1) is 6.20 Å². The van der Waals surface area contributed by atoms with Gasteiger partial charge in [-0.2, -0.15) is 0 Å². The van der Waals surface area contributed by atoms with Crippen molar-refractivity contribution in [2.24, 2.45) is 5.92 Å². The Bertz CT molecular complexity index is 478. The minimum Gasteiger partial charge on any atom is -0.313 e. The van der Waals surface area contributed by atoms with Gasteiger partial charge >= 0.3 is 0 Å². The van der Waals surface area contributed by atoms with Gasteiger partial charge in [-0.15, -0.1) is 10.2 Å². The highest BCUT2D eigenvalue weighted by atomic mass is 19.1. The third-order valence-electron chi connectivity index (χ3n) is 2.14. The number of halogens is 1. The number of hydrogen-bond donors (Lipinski definition) is 0. The van der Waals surface area contributed by atoms with E-state index < -0.39 is 0 Å². The first-order chi connectivity index (χ1) is 7.66. The highest BCUT2D eigenvalue weighted by Gasteiger charge is 2.09. The number of nitrogens with zero attached hydrogens (tertiary/aromatic N) is 4. The molecule has 0 aromatic carbocycles. The molecule has 84 valence electrons. The van der Waals surface area contributed by atoms with Crippen LogP contribution >= 0.6 is 0 Å². The van der Waals surface area contributed by atoms with Gasteiger partial charge in [0.25, 0.3) is 0 Å². The van der Waals surface area contributed by atoms with Gasteiger partial charge in [-0.3, -0.25) is 4.98 Å². The van der Waals surface area contributed by atoms with Gasteiger partial charge in [0.2, 0.25) is 0 Å². The molecule has 4 nitrogen and oxygen atoms in total. The van der Waals surface area contributed by atoms with E-state index >= 15 is 0 Å². The first-order valence-corrected chi connectivity index (χ1v) is 5.15. The maximum absolute atomic E-state index is 13.0. The average molecular weight is 220 g/mol. The van der Waals surface area contributed by atoms with Crippen molar-refractivity contribution in [2.45, 2.75) is 20.4 Å². The van der Waals surface area contributed by atoms with E-state index in [1.165, 1.54) is 12.3 Å². The van der Waals surface area contributed by atoms with Crippen molar-refractivity contribution in [3.8, 4) is 11.4 Å². The van der Waals surface area contributed by atoms with Crippen LogP contribution in [0.5, 0.6) is 0 Å². The van der Waals surface area contributed by atoms with Gasteiger partial charge in [-0.1, -0.05) is 13.8 Å². The summed E-state index contributed by atoms with van der Waals surface area (Å²) in [5.41, 5.74) is 0.651. The summed E-state index contributed by atoms with van der Waals surface area (Å²) >= 11 is 0. The lowest BCUT2D eigenvalue weighted by Crippen LogP contribution is -2.05. The topological polar surface area (TPSA) is 43.6 Å². The number of rotatable bonds is 3. The predicted octanol–water partition coefficient (Wildman–Crippen LogP) is 2.14. The van der Waals surface area contributed by atoms with E-state index in [1.807, 2.05) is 4.57 Å². The molecule has 0 unspecified atom stereocenters. The lowest BCUT2D eigenvalue weighted by molar-refractivity contribution is 0.525. The number of pyridine rings is 1. The van der Waals surface area contributed by atoms with Crippen molar-refractivity contribution >= 4 is 0 Å². The molecule has 0 bridgehead atoms. The van der Waals surface area contributed by atoms with Gasteiger partial charge < -0.3 is 4.57 Å². The second-order valence-electron chi connectivity index (χ2n) is 4.09. The summed E-state index contributed by atoms with van der Waals surface area (Å²) in [4.78, 5) is 3.80. The molecule has 0 aliphatic carbocycles. The predicted molar refractivity (Wildman–Crippen MR) is 58.0 cm³/mol. The van der Waals surface area contributed by atoms with Crippen LogP contribution in [-0.4, -0.2) is 19.7 Å². The van der Waals surface area contributed by atoms with Crippen molar-refractivity contribution in [3.63, 3.8) is 0 Å². The van der Waals surface area contributed by atoms with E-state index in [0.29, 0.717) is 17.3 Å². The lowest BCUT2D eigenvalue weighted by atomic mass is 10.2. The third-order valence-corrected chi connectivity index (χ3v) is 2.14. The summed E-state index contributed by atoms with van der Waals surface area (Å²) < 4.78 is 14.9. The van der Waals surface area contributed by atoms with Crippen molar-refractivity contribution < 1.29 is 4.39 Å². The quantitative estimate of drug-likeness (QED) is 0.795. The zero-order valence-electron chi connectivity index (χ0n) is 9.26. The molecule has 2 aromatic rings. The van der Waals surface area contributed by atoms with E-state index in [1.54, 1.807) is 12.5 Å². The maximum Gasteiger partial charge on any atom is 0.165 e. The van der Waals surface area contributed by atoms with Crippen LogP contribution in [0.25, 0.3) is 11.4 Å². The van der Waals surface area contributed by atoms with Crippen molar-refractivity contribution in [1.82, 2.24) is 19.7 Å². The van der Waals surface area contributed by atoms with Crippen LogP contribution in [0.4, 0.5) is 4.39 Å². The van der Waals surface area contributed by atoms with Crippen LogP contribution in [-0.2, 0) is 6.54 Å². The standard InChI is InChI=1S/C11H13FN4/c1-8(2)6-16-7-14-15-11(16)9-3-10(12)5-13-4-9/h3-5,7-8H,6H2,1-2H3. The van der Waals surface area contributed by atoms with E-state index in [0.717, 1.165) is 6.54 Å². The summed E-state index contributed by atoms with van der Waals surface area (Å²) in [6.07, 6.45) is 4.41. The van der Waals surface area contributed by atoms with Crippen LogP contribution in [0, 0.1) is 11.7 Å². The van der Waals surface area contributed by atoms with Crippen molar-refractivity contribution in [3.05, 3.63) is 30.6 Å². The fraction of sp³-hybridized carbons (Fsp3) is 0.364. The van der Waals surface area contributed by atoms with Gasteiger partial charge in [0, 0.05) is 18.3 Å². The Morgan fingerprint density at radius 3 is 2.88 bits per heavy atom. The molecule has 0 saturated heterocycles. The molecule has 16 heavy (non-hydrogen) atoms. The second kappa shape index (κ2) is 4.38. The normalized spacial score (nSPS) is 11.0. The smallest absolute Gasteiger partial charge is 0.165 e. The highest BCUT2D eigenvalue weighted by molar-refractivity contribution is 5.53. The molecule has 0 aliphatic rings. The fourth-order valence-corrected chi connectivity index (χ4v) is 1.54.